The Bertz CT molecular complexity index is 598. The maximum absolute atomic E-state index is 11.9. The summed E-state index contributed by atoms with van der Waals surface area (Å²) in [5, 5.41) is 5.77. The van der Waals surface area contributed by atoms with Crippen LogP contribution in [0, 0.1) is 0 Å². The lowest BCUT2D eigenvalue weighted by Crippen LogP contribution is -2.42. The van der Waals surface area contributed by atoms with Crippen molar-refractivity contribution in [2.45, 2.75) is 45.7 Å². The van der Waals surface area contributed by atoms with E-state index in [0.717, 1.165) is 24.7 Å². The van der Waals surface area contributed by atoms with Crippen molar-refractivity contribution in [1.82, 2.24) is 10.6 Å². The summed E-state index contributed by atoms with van der Waals surface area (Å²) in [6.45, 7) is 5.91. The number of nitrogens with one attached hydrogen (secondary N) is 3. The molecule has 2 amide bonds. The minimum Gasteiger partial charge on any atom is -0.335 e. The van der Waals surface area contributed by atoms with Crippen LogP contribution in [0.25, 0.3) is 0 Å². The second-order valence-electron chi connectivity index (χ2n) is 5.35. The monoisotopic (exact) mass is 327 g/mol. The van der Waals surface area contributed by atoms with Gasteiger partial charge in [0.1, 0.15) is 0 Å². The van der Waals surface area contributed by atoms with Gasteiger partial charge in [-0.3, -0.25) is 4.72 Å². The molecular formula is C15H25N3O3S. The first-order valence-electron chi connectivity index (χ1n) is 7.40. The maximum atomic E-state index is 11.9. The van der Waals surface area contributed by atoms with Crippen molar-refractivity contribution in [2.75, 3.05) is 11.0 Å². The molecule has 0 aliphatic rings. The summed E-state index contributed by atoms with van der Waals surface area (Å²) < 4.78 is 24.9. The highest BCUT2D eigenvalue weighted by molar-refractivity contribution is 7.92. The first-order chi connectivity index (χ1) is 10.2. The normalized spacial score (nSPS) is 12.8. The summed E-state index contributed by atoms with van der Waals surface area (Å²) in [5.41, 5.74) is 1.31. The Labute approximate surface area is 132 Å². The Morgan fingerprint density at radius 3 is 2.36 bits per heavy atom. The van der Waals surface area contributed by atoms with E-state index in [4.69, 9.17) is 0 Å². The van der Waals surface area contributed by atoms with Crippen LogP contribution in [-0.4, -0.2) is 26.7 Å². The molecule has 1 rings (SSSR count). The standard InChI is InChI=1S/C15H25N3O3S/c1-5-13(6-2)17-15(19)16-11(3)12-8-7-9-14(10-12)18-22(4,20)21/h7-11,13,18H,5-6H2,1-4H3,(H2,16,17,19). The molecule has 0 spiro atoms. The number of benzene rings is 1. The van der Waals surface area contributed by atoms with Gasteiger partial charge in [0.2, 0.25) is 10.0 Å². The molecular weight excluding hydrogens is 302 g/mol. The Hall–Kier alpha value is -1.76. The Balaban J connectivity index is 2.71. The van der Waals surface area contributed by atoms with E-state index in [0.29, 0.717) is 5.69 Å². The Morgan fingerprint density at radius 2 is 1.82 bits per heavy atom. The van der Waals surface area contributed by atoms with Gasteiger partial charge in [0.25, 0.3) is 0 Å². The van der Waals surface area contributed by atoms with Crippen molar-refractivity contribution in [3.63, 3.8) is 0 Å². The second-order valence-corrected chi connectivity index (χ2v) is 7.10. The fourth-order valence-corrected chi connectivity index (χ4v) is 2.64. The van der Waals surface area contributed by atoms with Gasteiger partial charge in [0.15, 0.2) is 0 Å². The predicted molar refractivity (Wildman–Crippen MR) is 89.4 cm³/mol. The number of urea groups is 1. The molecule has 6 nitrogen and oxygen atoms in total. The van der Waals surface area contributed by atoms with Crippen molar-refractivity contribution >= 4 is 21.7 Å². The Morgan fingerprint density at radius 1 is 1.18 bits per heavy atom. The molecule has 7 heteroatoms. The lowest BCUT2D eigenvalue weighted by atomic mass is 10.1. The molecule has 0 aliphatic heterocycles. The van der Waals surface area contributed by atoms with E-state index in [1.807, 2.05) is 26.8 Å². The van der Waals surface area contributed by atoms with Gasteiger partial charge < -0.3 is 10.6 Å². The van der Waals surface area contributed by atoms with Crippen LogP contribution in [0.1, 0.15) is 45.2 Å². The van der Waals surface area contributed by atoms with Crippen LogP contribution in [0.4, 0.5) is 10.5 Å². The van der Waals surface area contributed by atoms with Crippen LogP contribution in [-0.2, 0) is 10.0 Å². The SMILES string of the molecule is CCC(CC)NC(=O)NC(C)c1cccc(NS(C)(=O)=O)c1. The van der Waals surface area contributed by atoms with Crippen LogP contribution in [0.3, 0.4) is 0 Å². The van der Waals surface area contributed by atoms with Crippen molar-refractivity contribution in [2.24, 2.45) is 0 Å². The van der Waals surface area contributed by atoms with Crippen LogP contribution in [0.15, 0.2) is 24.3 Å². The molecule has 0 aliphatic carbocycles. The molecule has 1 aromatic rings. The van der Waals surface area contributed by atoms with E-state index >= 15 is 0 Å². The van der Waals surface area contributed by atoms with Crippen molar-refractivity contribution < 1.29 is 13.2 Å². The Kier molecular flexibility index (Phi) is 6.67. The predicted octanol–water partition coefficient (Wildman–Crippen LogP) is 2.61. The fraction of sp³-hybridized carbons (Fsp3) is 0.533. The minimum atomic E-state index is -3.32. The third-order valence-electron chi connectivity index (χ3n) is 3.36. The highest BCUT2D eigenvalue weighted by Crippen LogP contribution is 2.18. The minimum absolute atomic E-state index is 0.158. The van der Waals surface area contributed by atoms with Crippen molar-refractivity contribution in [1.29, 1.82) is 0 Å². The number of carbonyl (C=O) groups is 1. The van der Waals surface area contributed by atoms with Crippen LogP contribution in [0.5, 0.6) is 0 Å². The quantitative estimate of drug-likeness (QED) is 0.719. The first kappa shape index (κ1) is 18.3. The van der Waals surface area contributed by atoms with Crippen LogP contribution in [0.2, 0.25) is 0 Å². The maximum Gasteiger partial charge on any atom is 0.315 e. The fourth-order valence-electron chi connectivity index (χ4n) is 2.09. The number of anilines is 1. The first-order valence-corrected chi connectivity index (χ1v) is 9.29. The van der Waals surface area contributed by atoms with E-state index in [2.05, 4.69) is 15.4 Å². The summed E-state index contributed by atoms with van der Waals surface area (Å²) >= 11 is 0. The summed E-state index contributed by atoms with van der Waals surface area (Å²) in [5.74, 6) is 0. The number of amides is 2. The largest absolute Gasteiger partial charge is 0.335 e. The van der Waals surface area contributed by atoms with Gasteiger partial charge >= 0.3 is 6.03 Å². The number of hydrogen-bond acceptors (Lipinski definition) is 3. The zero-order valence-electron chi connectivity index (χ0n) is 13.5. The molecule has 0 aromatic heterocycles. The third kappa shape index (κ3) is 6.34. The van der Waals surface area contributed by atoms with Gasteiger partial charge in [-0.1, -0.05) is 26.0 Å². The van der Waals surface area contributed by atoms with Crippen molar-refractivity contribution in [3.05, 3.63) is 29.8 Å². The third-order valence-corrected chi connectivity index (χ3v) is 3.96. The molecule has 1 atom stereocenters. The van der Waals surface area contributed by atoms with Gasteiger partial charge in [0.05, 0.1) is 12.3 Å². The van der Waals surface area contributed by atoms with Gasteiger partial charge in [-0.15, -0.1) is 0 Å². The summed E-state index contributed by atoms with van der Waals surface area (Å²) in [7, 11) is -3.32. The topological polar surface area (TPSA) is 87.3 Å². The highest BCUT2D eigenvalue weighted by Gasteiger charge is 2.13. The average Bonchev–Trinajstić information content (AvgIpc) is 2.43. The van der Waals surface area contributed by atoms with E-state index < -0.39 is 10.0 Å². The molecule has 1 aromatic carbocycles. The van der Waals surface area contributed by atoms with Gasteiger partial charge in [0, 0.05) is 11.7 Å². The molecule has 0 saturated heterocycles. The molecule has 0 radical (unpaired) electrons. The van der Waals surface area contributed by atoms with Gasteiger partial charge in [-0.05, 0) is 37.5 Å². The van der Waals surface area contributed by atoms with Crippen molar-refractivity contribution in [3.8, 4) is 0 Å². The van der Waals surface area contributed by atoms with E-state index in [-0.39, 0.29) is 18.1 Å². The molecule has 0 heterocycles. The van der Waals surface area contributed by atoms with E-state index in [1.54, 1.807) is 18.2 Å². The molecule has 1 unspecified atom stereocenters. The van der Waals surface area contributed by atoms with Gasteiger partial charge in [-0.25, -0.2) is 13.2 Å². The highest BCUT2D eigenvalue weighted by atomic mass is 32.2. The number of hydrogen-bond donors (Lipinski definition) is 3. The number of sulfonamides is 1. The molecule has 3 N–H and O–H groups in total. The second kappa shape index (κ2) is 8.03. The van der Waals surface area contributed by atoms with Crippen LogP contribution >= 0.6 is 0 Å². The molecule has 0 fully saturated rings. The zero-order valence-corrected chi connectivity index (χ0v) is 14.3. The number of carbonyl (C=O) groups excluding carboxylic acids is 1. The molecule has 0 saturated carbocycles. The van der Waals surface area contributed by atoms with E-state index in [1.165, 1.54) is 0 Å². The van der Waals surface area contributed by atoms with Gasteiger partial charge in [-0.2, -0.15) is 0 Å². The number of rotatable bonds is 7. The molecule has 124 valence electrons. The molecule has 22 heavy (non-hydrogen) atoms. The van der Waals surface area contributed by atoms with Crippen LogP contribution < -0.4 is 15.4 Å². The summed E-state index contributed by atoms with van der Waals surface area (Å²) in [4.78, 5) is 11.9. The zero-order chi connectivity index (χ0) is 16.8. The summed E-state index contributed by atoms with van der Waals surface area (Å²) in [6.07, 6.45) is 2.86. The smallest absolute Gasteiger partial charge is 0.315 e. The lowest BCUT2D eigenvalue weighted by molar-refractivity contribution is 0.233. The average molecular weight is 327 g/mol. The summed E-state index contributed by atoms with van der Waals surface area (Å²) in [6, 6.07) is 6.68. The molecule has 0 bridgehead atoms. The lowest BCUT2D eigenvalue weighted by Gasteiger charge is -2.19. The van der Waals surface area contributed by atoms with E-state index in [9.17, 15) is 13.2 Å².